The van der Waals surface area contributed by atoms with Crippen molar-refractivity contribution in [3.8, 4) is 0 Å². The Labute approximate surface area is 134 Å². The molecule has 1 amide bonds. The molecule has 2 aliphatic rings. The second-order valence-corrected chi connectivity index (χ2v) is 6.67. The molecular weight excluding hydrogens is 307 g/mol. The lowest BCUT2D eigenvalue weighted by atomic mass is 9.92. The topological polar surface area (TPSA) is 61.4 Å². The number of carbonyl (C=O) groups excluding carboxylic acids is 1. The highest BCUT2D eigenvalue weighted by molar-refractivity contribution is 6.31. The van der Waals surface area contributed by atoms with Crippen LogP contribution >= 0.6 is 11.6 Å². The minimum Gasteiger partial charge on any atom is -0.386 e. The molecule has 3 N–H and O–H groups in total. The molecular formula is C16H20ClFN2O2. The molecule has 0 bridgehead atoms. The van der Waals surface area contributed by atoms with Crippen molar-refractivity contribution in [2.45, 2.75) is 25.4 Å². The monoisotopic (exact) mass is 326 g/mol. The zero-order chi connectivity index (χ0) is 15.7. The Hall–Kier alpha value is -1.17. The lowest BCUT2D eigenvalue weighted by Gasteiger charge is -2.23. The van der Waals surface area contributed by atoms with Crippen LogP contribution in [-0.2, 0) is 4.79 Å². The predicted molar refractivity (Wildman–Crippen MR) is 82.0 cm³/mol. The Morgan fingerprint density at radius 1 is 1.50 bits per heavy atom. The van der Waals surface area contributed by atoms with E-state index >= 15 is 0 Å². The minimum atomic E-state index is -1.14. The van der Waals surface area contributed by atoms with E-state index in [0.717, 1.165) is 32.4 Å². The van der Waals surface area contributed by atoms with Crippen molar-refractivity contribution in [2.24, 2.45) is 11.3 Å². The molecule has 1 saturated heterocycles. The highest BCUT2D eigenvalue weighted by Gasteiger charge is 2.57. The minimum absolute atomic E-state index is 0.0235. The van der Waals surface area contributed by atoms with Gasteiger partial charge in [0.2, 0.25) is 5.91 Å². The summed E-state index contributed by atoms with van der Waals surface area (Å²) in [6.45, 7) is 1.89. The van der Waals surface area contributed by atoms with Gasteiger partial charge in [-0.2, -0.15) is 0 Å². The number of benzene rings is 1. The summed E-state index contributed by atoms with van der Waals surface area (Å²) >= 11 is 5.91. The second-order valence-electron chi connectivity index (χ2n) is 6.27. The Balaban J connectivity index is 1.55. The average molecular weight is 327 g/mol. The van der Waals surface area contributed by atoms with Crippen molar-refractivity contribution >= 4 is 17.5 Å². The van der Waals surface area contributed by atoms with Crippen molar-refractivity contribution in [2.75, 3.05) is 19.6 Å². The summed E-state index contributed by atoms with van der Waals surface area (Å²) in [5.74, 6) is -0.582. The first-order chi connectivity index (χ1) is 10.5. The van der Waals surface area contributed by atoms with E-state index in [1.54, 1.807) is 0 Å². The van der Waals surface area contributed by atoms with Crippen molar-refractivity contribution in [3.63, 3.8) is 0 Å². The number of nitrogens with one attached hydrogen (secondary N) is 2. The van der Waals surface area contributed by atoms with Crippen LogP contribution in [-0.4, -0.2) is 30.6 Å². The molecule has 2 unspecified atom stereocenters. The van der Waals surface area contributed by atoms with Crippen LogP contribution in [0.15, 0.2) is 18.2 Å². The normalized spacial score (nSPS) is 24.0. The molecule has 2 fully saturated rings. The zero-order valence-corrected chi connectivity index (χ0v) is 13.0. The van der Waals surface area contributed by atoms with E-state index < -0.39 is 11.9 Å². The number of carbonyl (C=O) groups is 1. The predicted octanol–water partition coefficient (Wildman–Crippen LogP) is 2.02. The zero-order valence-electron chi connectivity index (χ0n) is 12.2. The number of amides is 1. The number of hydrogen-bond donors (Lipinski definition) is 3. The van der Waals surface area contributed by atoms with Gasteiger partial charge in [0, 0.05) is 23.0 Å². The van der Waals surface area contributed by atoms with Crippen molar-refractivity contribution < 1.29 is 14.3 Å². The second kappa shape index (κ2) is 6.14. The maximum atomic E-state index is 13.7. The molecule has 4 nitrogen and oxygen atoms in total. The SMILES string of the molecule is O=C(NCC(O)c1c(F)cccc1Cl)C1CC12CCNCC2. The Bertz CT molecular complexity index is 555. The van der Waals surface area contributed by atoms with Gasteiger partial charge in [0.15, 0.2) is 0 Å². The fourth-order valence-electron chi connectivity index (χ4n) is 3.45. The highest BCUT2D eigenvalue weighted by atomic mass is 35.5. The van der Waals surface area contributed by atoms with E-state index in [0.29, 0.717) is 0 Å². The van der Waals surface area contributed by atoms with Crippen LogP contribution in [0.25, 0.3) is 0 Å². The van der Waals surface area contributed by atoms with Crippen molar-refractivity contribution in [1.82, 2.24) is 10.6 Å². The van der Waals surface area contributed by atoms with E-state index in [9.17, 15) is 14.3 Å². The third kappa shape index (κ3) is 2.98. The first-order valence-corrected chi connectivity index (χ1v) is 8.02. The fraction of sp³-hybridized carbons (Fsp3) is 0.562. The van der Waals surface area contributed by atoms with E-state index in [4.69, 9.17) is 11.6 Å². The Kier molecular flexibility index (Phi) is 4.39. The summed E-state index contributed by atoms with van der Waals surface area (Å²) in [5.41, 5.74) is 0.187. The van der Waals surface area contributed by atoms with Gasteiger partial charge in [-0.05, 0) is 49.9 Å². The van der Waals surface area contributed by atoms with Gasteiger partial charge >= 0.3 is 0 Å². The van der Waals surface area contributed by atoms with Gasteiger partial charge < -0.3 is 15.7 Å². The number of rotatable bonds is 4. The molecule has 2 atom stereocenters. The van der Waals surface area contributed by atoms with E-state index in [1.807, 2.05) is 0 Å². The molecule has 3 rings (SSSR count). The quantitative estimate of drug-likeness (QED) is 0.793. The van der Waals surface area contributed by atoms with Crippen LogP contribution < -0.4 is 10.6 Å². The van der Waals surface area contributed by atoms with Gasteiger partial charge in [-0.25, -0.2) is 4.39 Å². The number of halogens is 2. The maximum Gasteiger partial charge on any atom is 0.223 e. The summed E-state index contributed by atoms with van der Waals surface area (Å²) in [6.07, 6.45) is 1.82. The molecule has 1 spiro atoms. The Morgan fingerprint density at radius 2 is 2.23 bits per heavy atom. The first-order valence-electron chi connectivity index (χ1n) is 7.64. The number of piperidine rings is 1. The number of hydrogen-bond acceptors (Lipinski definition) is 3. The molecule has 1 saturated carbocycles. The average Bonchev–Trinajstić information content (AvgIpc) is 3.18. The first kappa shape index (κ1) is 15.7. The van der Waals surface area contributed by atoms with E-state index in [1.165, 1.54) is 18.2 Å². The summed E-state index contributed by atoms with van der Waals surface area (Å²) in [6, 6.07) is 4.25. The third-order valence-corrected chi connectivity index (χ3v) is 5.24. The van der Waals surface area contributed by atoms with Gasteiger partial charge in [0.05, 0.1) is 0 Å². The molecule has 6 heteroatoms. The van der Waals surface area contributed by atoms with Crippen molar-refractivity contribution in [3.05, 3.63) is 34.6 Å². The van der Waals surface area contributed by atoms with Crippen LogP contribution in [0.4, 0.5) is 4.39 Å². The summed E-state index contributed by atoms with van der Waals surface area (Å²) < 4.78 is 13.7. The van der Waals surface area contributed by atoms with Crippen LogP contribution in [0.2, 0.25) is 5.02 Å². The molecule has 1 aromatic carbocycles. The van der Waals surface area contributed by atoms with E-state index in [2.05, 4.69) is 10.6 Å². The third-order valence-electron chi connectivity index (χ3n) is 4.91. The molecule has 22 heavy (non-hydrogen) atoms. The Morgan fingerprint density at radius 3 is 2.91 bits per heavy atom. The lowest BCUT2D eigenvalue weighted by molar-refractivity contribution is -0.123. The lowest BCUT2D eigenvalue weighted by Crippen LogP contribution is -2.35. The molecule has 120 valence electrons. The van der Waals surface area contributed by atoms with Crippen LogP contribution in [0.1, 0.15) is 30.9 Å². The molecule has 1 aromatic rings. The summed E-state index contributed by atoms with van der Waals surface area (Å²) in [5, 5.41) is 16.3. The highest BCUT2D eigenvalue weighted by Crippen LogP contribution is 2.58. The van der Waals surface area contributed by atoms with Gasteiger partial charge in [-0.3, -0.25) is 4.79 Å². The molecule has 0 radical (unpaired) electrons. The van der Waals surface area contributed by atoms with Gasteiger partial charge in [0.25, 0.3) is 0 Å². The molecule has 1 aliphatic heterocycles. The molecule has 0 aromatic heterocycles. The largest absolute Gasteiger partial charge is 0.386 e. The number of aliphatic hydroxyl groups is 1. The molecule has 1 aliphatic carbocycles. The van der Waals surface area contributed by atoms with Crippen LogP contribution in [0.5, 0.6) is 0 Å². The summed E-state index contributed by atoms with van der Waals surface area (Å²) in [4.78, 5) is 12.2. The summed E-state index contributed by atoms with van der Waals surface area (Å²) in [7, 11) is 0. The fourth-order valence-corrected chi connectivity index (χ4v) is 3.74. The standard InChI is InChI=1S/C16H20ClFN2O2/c17-11-2-1-3-12(18)14(11)13(21)9-20-15(22)10-8-16(10)4-6-19-7-5-16/h1-3,10,13,19,21H,4-9H2,(H,20,22). The van der Waals surface area contributed by atoms with Gasteiger partial charge in [-0.15, -0.1) is 0 Å². The van der Waals surface area contributed by atoms with E-state index in [-0.39, 0.29) is 34.4 Å². The van der Waals surface area contributed by atoms with Crippen LogP contribution in [0, 0.1) is 17.2 Å². The van der Waals surface area contributed by atoms with Crippen molar-refractivity contribution in [1.29, 1.82) is 0 Å². The van der Waals surface area contributed by atoms with Gasteiger partial charge in [-0.1, -0.05) is 17.7 Å². The number of aliphatic hydroxyl groups excluding tert-OH is 1. The van der Waals surface area contributed by atoms with Gasteiger partial charge in [0.1, 0.15) is 11.9 Å². The van der Waals surface area contributed by atoms with Crippen LogP contribution in [0.3, 0.4) is 0 Å². The maximum absolute atomic E-state index is 13.7. The smallest absolute Gasteiger partial charge is 0.223 e. The molecule has 1 heterocycles.